The van der Waals surface area contributed by atoms with Crippen LogP contribution in [0.3, 0.4) is 0 Å². The van der Waals surface area contributed by atoms with Gasteiger partial charge in [-0.25, -0.2) is 9.97 Å². The first-order valence-corrected chi connectivity index (χ1v) is 8.65. The Kier molecular flexibility index (Phi) is 3.85. The van der Waals surface area contributed by atoms with Crippen molar-refractivity contribution < 1.29 is 4.79 Å². The molecule has 0 saturated heterocycles. The molecular formula is C18H15N5OS. The standard InChI is InChI=1S/C18H15N5OS/c1-11-22-16(9-25-11)18(24)5-14-4-12-3-13(6-21-15(12)7-20-14)17-8-19-10-23(17)2/h3-4,6-10H,5H2,1-2H3. The number of imidazole rings is 1. The molecule has 124 valence electrons. The van der Waals surface area contributed by atoms with E-state index in [9.17, 15) is 4.79 Å². The van der Waals surface area contributed by atoms with E-state index >= 15 is 0 Å². The highest BCUT2D eigenvalue weighted by atomic mass is 32.1. The Bertz CT molecular complexity index is 1080. The van der Waals surface area contributed by atoms with Crippen molar-refractivity contribution >= 4 is 28.0 Å². The number of aryl methyl sites for hydroxylation is 2. The van der Waals surface area contributed by atoms with Crippen molar-refractivity contribution in [2.45, 2.75) is 13.3 Å². The number of carbonyl (C=O) groups is 1. The predicted molar refractivity (Wildman–Crippen MR) is 96.6 cm³/mol. The molecule has 7 heteroatoms. The van der Waals surface area contributed by atoms with Gasteiger partial charge in [-0.15, -0.1) is 11.3 Å². The molecule has 0 aliphatic heterocycles. The monoisotopic (exact) mass is 349 g/mol. The number of hydrogen-bond donors (Lipinski definition) is 0. The van der Waals surface area contributed by atoms with Crippen LogP contribution < -0.4 is 0 Å². The molecule has 0 N–H and O–H groups in total. The van der Waals surface area contributed by atoms with Gasteiger partial charge in [0, 0.05) is 35.3 Å². The first kappa shape index (κ1) is 15.6. The minimum Gasteiger partial charge on any atom is -0.334 e. The molecule has 0 unspecified atom stereocenters. The molecule has 0 spiro atoms. The van der Waals surface area contributed by atoms with E-state index in [1.165, 1.54) is 11.3 Å². The summed E-state index contributed by atoms with van der Waals surface area (Å²) in [6.45, 7) is 1.89. The summed E-state index contributed by atoms with van der Waals surface area (Å²) in [6.07, 6.45) is 7.31. The maximum atomic E-state index is 12.3. The molecule has 0 aromatic carbocycles. The number of rotatable bonds is 4. The maximum Gasteiger partial charge on any atom is 0.187 e. The van der Waals surface area contributed by atoms with Crippen molar-refractivity contribution in [2.75, 3.05) is 0 Å². The third kappa shape index (κ3) is 3.06. The molecule has 0 aliphatic carbocycles. The van der Waals surface area contributed by atoms with Crippen LogP contribution in [-0.2, 0) is 13.5 Å². The molecule has 0 radical (unpaired) electrons. The quantitative estimate of drug-likeness (QED) is 0.529. The smallest absolute Gasteiger partial charge is 0.187 e. The lowest BCUT2D eigenvalue weighted by Gasteiger charge is -2.05. The fourth-order valence-electron chi connectivity index (χ4n) is 2.70. The summed E-state index contributed by atoms with van der Waals surface area (Å²) in [7, 11) is 1.94. The van der Waals surface area contributed by atoms with Crippen molar-refractivity contribution in [3.05, 3.63) is 58.8 Å². The van der Waals surface area contributed by atoms with Crippen LogP contribution in [0.4, 0.5) is 0 Å². The summed E-state index contributed by atoms with van der Waals surface area (Å²) >= 11 is 1.48. The van der Waals surface area contributed by atoms with Crippen LogP contribution in [0.25, 0.3) is 22.2 Å². The van der Waals surface area contributed by atoms with E-state index in [1.807, 2.05) is 36.9 Å². The molecule has 4 rings (SSSR count). The summed E-state index contributed by atoms with van der Waals surface area (Å²) < 4.78 is 1.94. The van der Waals surface area contributed by atoms with Crippen LogP contribution in [-0.4, -0.2) is 30.3 Å². The molecule has 4 aromatic heterocycles. The van der Waals surface area contributed by atoms with E-state index in [0.29, 0.717) is 11.4 Å². The number of carbonyl (C=O) groups excluding carboxylic acids is 1. The van der Waals surface area contributed by atoms with Gasteiger partial charge in [0.05, 0.1) is 41.4 Å². The van der Waals surface area contributed by atoms with Gasteiger partial charge in [-0.1, -0.05) is 0 Å². The third-order valence-electron chi connectivity index (χ3n) is 3.98. The van der Waals surface area contributed by atoms with Crippen molar-refractivity contribution in [2.24, 2.45) is 7.05 Å². The Morgan fingerprint density at radius 2 is 2.08 bits per heavy atom. The average Bonchev–Trinajstić information content (AvgIpc) is 3.22. The summed E-state index contributed by atoms with van der Waals surface area (Å²) in [4.78, 5) is 29.6. The zero-order valence-electron chi connectivity index (χ0n) is 13.8. The van der Waals surface area contributed by atoms with Gasteiger partial charge in [0.25, 0.3) is 0 Å². The fraction of sp³-hybridized carbons (Fsp3) is 0.167. The lowest BCUT2D eigenvalue weighted by atomic mass is 10.1. The number of hydrogen-bond acceptors (Lipinski definition) is 6. The number of nitrogens with zero attached hydrogens (tertiary/aromatic N) is 5. The number of Topliss-reactive ketones (excluding diaryl/α,β-unsaturated/α-hetero) is 1. The zero-order valence-corrected chi connectivity index (χ0v) is 14.6. The Labute approximate surface area is 148 Å². The lowest BCUT2D eigenvalue weighted by molar-refractivity contribution is 0.0988. The molecule has 0 bridgehead atoms. The van der Waals surface area contributed by atoms with E-state index in [2.05, 4.69) is 19.9 Å². The van der Waals surface area contributed by atoms with Crippen LogP contribution >= 0.6 is 11.3 Å². The summed E-state index contributed by atoms with van der Waals surface area (Å²) in [5.74, 6) is -0.0213. The molecule has 0 atom stereocenters. The molecule has 4 aromatic rings. The lowest BCUT2D eigenvalue weighted by Crippen LogP contribution is -2.05. The first-order valence-electron chi connectivity index (χ1n) is 7.77. The minimum atomic E-state index is -0.0213. The summed E-state index contributed by atoms with van der Waals surface area (Å²) in [6, 6.07) is 3.96. The van der Waals surface area contributed by atoms with Crippen LogP contribution in [0.15, 0.2) is 42.4 Å². The Hall–Kier alpha value is -2.93. The number of thiazole rings is 1. The maximum absolute atomic E-state index is 12.3. The van der Waals surface area contributed by atoms with Crippen LogP contribution in [0, 0.1) is 6.92 Å². The van der Waals surface area contributed by atoms with Crippen molar-refractivity contribution in [1.29, 1.82) is 0 Å². The molecule has 0 fully saturated rings. The van der Waals surface area contributed by atoms with Gasteiger partial charge >= 0.3 is 0 Å². The van der Waals surface area contributed by atoms with Gasteiger partial charge in [0.1, 0.15) is 5.69 Å². The fourth-order valence-corrected chi connectivity index (χ4v) is 3.31. The second-order valence-corrected chi connectivity index (χ2v) is 6.90. The number of aromatic nitrogens is 5. The molecule has 0 saturated carbocycles. The van der Waals surface area contributed by atoms with Crippen molar-refractivity contribution in [3.63, 3.8) is 0 Å². The molecular weight excluding hydrogens is 334 g/mol. The molecule has 25 heavy (non-hydrogen) atoms. The van der Waals surface area contributed by atoms with Gasteiger partial charge in [-0.05, 0) is 19.1 Å². The second kappa shape index (κ2) is 6.18. The predicted octanol–water partition coefficient (Wildman–Crippen LogP) is 3.22. The van der Waals surface area contributed by atoms with Crippen LogP contribution in [0.5, 0.6) is 0 Å². The van der Waals surface area contributed by atoms with Gasteiger partial charge in [0.2, 0.25) is 0 Å². The zero-order chi connectivity index (χ0) is 17.4. The van der Waals surface area contributed by atoms with Crippen LogP contribution in [0.2, 0.25) is 0 Å². The molecule has 0 amide bonds. The average molecular weight is 349 g/mol. The Morgan fingerprint density at radius 1 is 1.20 bits per heavy atom. The number of pyridine rings is 2. The largest absolute Gasteiger partial charge is 0.334 e. The topological polar surface area (TPSA) is 73.6 Å². The van der Waals surface area contributed by atoms with E-state index in [1.54, 1.807) is 24.1 Å². The Balaban J connectivity index is 1.67. The highest BCUT2D eigenvalue weighted by Gasteiger charge is 2.12. The SMILES string of the molecule is Cc1nc(C(=O)Cc2cc3cc(-c4cncn4C)cnc3cn2)cs1. The van der Waals surface area contributed by atoms with E-state index in [4.69, 9.17) is 0 Å². The van der Waals surface area contributed by atoms with Crippen LogP contribution in [0.1, 0.15) is 21.2 Å². The summed E-state index contributed by atoms with van der Waals surface area (Å²) in [5, 5.41) is 3.63. The van der Waals surface area contributed by atoms with Crippen molar-refractivity contribution in [1.82, 2.24) is 24.5 Å². The molecule has 6 nitrogen and oxygen atoms in total. The minimum absolute atomic E-state index is 0.0213. The Morgan fingerprint density at radius 3 is 2.80 bits per heavy atom. The van der Waals surface area contributed by atoms with E-state index in [-0.39, 0.29) is 12.2 Å². The molecule has 4 heterocycles. The normalized spacial score (nSPS) is 11.1. The number of ketones is 1. The van der Waals surface area contributed by atoms with Gasteiger partial charge in [-0.2, -0.15) is 0 Å². The number of fused-ring (bicyclic) bond motifs is 1. The van der Waals surface area contributed by atoms with Gasteiger partial charge < -0.3 is 4.57 Å². The second-order valence-electron chi connectivity index (χ2n) is 5.83. The molecule has 0 aliphatic rings. The first-order chi connectivity index (χ1) is 12.1. The van der Waals surface area contributed by atoms with Gasteiger partial charge in [0.15, 0.2) is 5.78 Å². The highest BCUT2D eigenvalue weighted by molar-refractivity contribution is 7.09. The van der Waals surface area contributed by atoms with E-state index < -0.39 is 0 Å². The summed E-state index contributed by atoms with van der Waals surface area (Å²) in [5.41, 5.74) is 3.98. The van der Waals surface area contributed by atoms with Gasteiger partial charge in [-0.3, -0.25) is 14.8 Å². The third-order valence-corrected chi connectivity index (χ3v) is 4.76. The van der Waals surface area contributed by atoms with Crippen molar-refractivity contribution in [3.8, 4) is 11.3 Å². The highest BCUT2D eigenvalue weighted by Crippen LogP contribution is 2.22. The van der Waals surface area contributed by atoms with E-state index in [0.717, 1.165) is 27.2 Å².